The zero-order valence-corrected chi connectivity index (χ0v) is 15.1. The van der Waals surface area contributed by atoms with Crippen LogP contribution >= 0.6 is 0 Å². The molecular weight excluding hydrogens is 332 g/mol. The molecule has 26 heavy (non-hydrogen) atoms. The van der Waals surface area contributed by atoms with Crippen molar-refractivity contribution in [3.8, 4) is 11.1 Å². The Bertz CT molecular complexity index is 657. The Hall–Kier alpha value is -2.31. The molecule has 0 aliphatic carbocycles. The summed E-state index contributed by atoms with van der Waals surface area (Å²) in [5.74, 6) is -0.731. The van der Waals surface area contributed by atoms with Gasteiger partial charge in [0.15, 0.2) is 24.8 Å². The first-order valence-electron chi connectivity index (χ1n) is 9.16. The molecule has 0 amide bonds. The topological polar surface area (TPSA) is 74.5 Å². The molecule has 0 aliphatic heterocycles. The standard InChI is InChI=1S/C20H26N2O4/c23-20(24)6-2-4-12-22-15-9-19(10-16-22)18-7-13-21(14-8-18)11-3-1-5-17-26-25/h7-10,13-16H,1-6,11-12,17H2/p+2. The Balaban J connectivity index is 1.80. The van der Waals surface area contributed by atoms with E-state index in [2.05, 4.69) is 50.7 Å². The number of aliphatic carboxylic acids is 1. The predicted molar refractivity (Wildman–Crippen MR) is 96.2 cm³/mol. The maximum Gasteiger partial charge on any atom is 0.303 e. The Morgan fingerprint density at radius 3 is 1.77 bits per heavy atom. The van der Waals surface area contributed by atoms with Crippen molar-refractivity contribution in [3.05, 3.63) is 49.1 Å². The average molecular weight is 360 g/mol. The summed E-state index contributed by atoms with van der Waals surface area (Å²) < 4.78 is 4.25. The van der Waals surface area contributed by atoms with E-state index in [1.165, 1.54) is 11.1 Å². The number of carbonyl (C=O) groups is 1. The molecule has 0 aromatic carbocycles. The number of aromatic nitrogens is 2. The van der Waals surface area contributed by atoms with Crippen LogP contribution in [-0.4, -0.2) is 22.9 Å². The van der Waals surface area contributed by atoms with Crippen molar-refractivity contribution in [3.63, 3.8) is 0 Å². The highest BCUT2D eigenvalue weighted by Gasteiger charge is 2.06. The van der Waals surface area contributed by atoms with E-state index in [9.17, 15) is 4.79 Å². The monoisotopic (exact) mass is 360 g/mol. The van der Waals surface area contributed by atoms with Gasteiger partial charge in [-0.2, -0.15) is 0 Å². The van der Waals surface area contributed by atoms with Gasteiger partial charge in [0.1, 0.15) is 13.1 Å². The van der Waals surface area contributed by atoms with Crippen molar-refractivity contribution in [2.45, 2.75) is 51.6 Å². The molecule has 0 atom stereocenters. The van der Waals surface area contributed by atoms with E-state index >= 15 is 0 Å². The van der Waals surface area contributed by atoms with Gasteiger partial charge in [0, 0.05) is 43.5 Å². The first-order valence-corrected chi connectivity index (χ1v) is 9.16. The maximum atomic E-state index is 10.5. The fraction of sp³-hybridized carbons (Fsp3) is 0.450. The molecular formula is C20H28N2O4+2. The number of carboxylic acids is 1. The lowest BCUT2D eigenvalue weighted by Gasteiger charge is -2.02. The molecule has 0 saturated heterocycles. The Morgan fingerprint density at radius 2 is 1.31 bits per heavy atom. The van der Waals surface area contributed by atoms with Gasteiger partial charge in [-0.1, -0.05) is 0 Å². The number of aryl methyl sites for hydroxylation is 2. The van der Waals surface area contributed by atoms with Crippen molar-refractivity contribution in [1.29, 1.82) is 0 Å². The van der Waals surface area contributed by atoms with E-state index in [1.54, 1.807) is 0 Å². The van der Waals surface area contributed by atoms with Crippen LogP contribution in [0.4, 0.5) is 0 Å². The van der Waals surface area contributed by atoms with E-state index in [0.717, 1.165) is 38.8 Å². The quantitative estimate of drug-likeness (QED) is 0.264. The van der Waals surface area contributed by atoms with Gasteiger partial charge < -0.3 is 5.11 Å². The largest absolute Gasteiger partial charge is 0.481 e. The van der Waals surface area contributed by atoms with Crippen molar-refractivity contribution in [2.75, 3.05) is 6.61 Å². The number of nitrogens with zero attached hydrogens (tertiary/aromatic N) is 2. The second-order valence-corrected chi connectivity index (χ2v) is 6.39. The van der Waals surface area contributed by atoms with Crippen LogP contribution in [0.15, 0.2) is 49.1 Å². The fourth-order valence-electron chi connectivity index (χ4n) is 2.81. The number of unbranched alkanes of at least 4 members (excludes halogenated alkanes) is 3. The smallest absolute Gasteiger partial charge is 0.303 e. The maximum absolute atomic E-state index is 10.5. The molecule has 2 aromatic rings. The van der Waals surface area contributed by atoms with Gasteiger partial charge in [-0.25, -0.2) is 14.0 Å². The molecule has 140 valence electrons. The summed E-state index contributed by atoms with van der Waals surface area (Å²) in [5.41, 5.74) is 2.34. The van der Waals surface area contributed by atoms with E-state index in [4.69, 9.17) is 10.4 Å². The van der Waals surface area contributed by atoms with Crippen LogP contribution < -0.4 is 9.13 Å². The molecule has 0 saturated carbocycles. The number of hydrogen-bond acceptors (Lipinski definition) is 3. The molecule has 0 fully saturated rings. The second kappa shape index (κ2) is 11.3. The highest BCUT2D eigenvalue weighted by molar-refractivity contribution is 5.66. The van der Waals surface area contributed by atoms with E-state index < -0.39 is 5.97 Å². The van der Waals surface area contributed by atoms with Crippen molar-refractivity contribution in [1.82, 2.24) is 0 Å². The zero-order valence-electron chi connectivity index (χ0n) is 15.1. The van der Waals surface area contributed by atoms with Crippen molar-refractivity contribution < 1.29 is 29.2 Å². The molecule has 0 bridgehead atoms. The van der Waals surface area contributed by atoms with Crippen LogP contribution in [0.25, 0.3) is 11.1 Å². The van der Waals surface area contributed by atoms with Crippen LogP contribution in [0.3, 0.4) is 0 Å². The minimum Gasteiger partial charge on any atom is -0.481 e. The summed E-state index contributed by atoms with van der Waals surface area (Å²) in [4.78, 5) is 14.6. The molecule has 6 heteroatoms. The summed E-state index contributed by atoms with van der Waals surface area (Å²) in [5, 5.41) is 16.9. The lowest BCUT2D eigenvalue weighted by Crippen LogP contribution is -2.33. The Morgan fingerprint density at radius 1 is 0.808 bits per heavy atom. The number of pyridine rings is 2. The van der Waals surface area contributed by atoms with E-state index in [1.807, 2.05) is 12.4 Å². The third kappa shape index (κ3) is 7.29. The van der Waals surface area contributed by atoms with Gasteiger partial charge in [0.05, 0.1) is 6.61 Å². The highest BCUT2D eigenvalue weighted by atomic mass is 17.1. The van der Waals surface area contributed by atoms with E-state index in [-0.39, 0.29) is 6.42 Å². The lowest BCUT2D eigenvalue weighted by atomic mass is 10.1. The molecule has 6 nitrogen and oxygen atoms in total. The third-order valence-electron chi connectivity index (χ3n) is 4.32. The molecule has 2 heterocycles. The van der Waals surface area contributed by atoms with Crippen LogP contribution in [0.1, 0.15) is 38.5 Å². The van der Waals surface area contributed by atoms with Gasteiger partial charge in [-0.15, -0.1) is 0 Å². The second-order valence-electron chi connectivity index (χ2n) is 6.39. The molecule has 2 rings (SSSR count). The molecule has 2 aromatic heterocycles. The van der Waals surface area contributed by atoms with Gasteiger partial charge >= 0.3 is 5.97 Å². The van der Waals surface area contributed by atoms with Gasteiger partial charge in [-0.05, 0) is 30.4 Å². The SMILES string of the molecule is O=C(O)CCCC[n+]1ccc(-c2cc[n+](CCCCCOO)cc2)cc1. The van der Waals surface area contributed by atoms with Crippen LogP contribution in [0.2, 0.25) is 0 Å². The van der Waals surface area contributed by atoms with Crippen LogP contribution in [0, 0.1) is 0 Å². The molecule has 2 N–H and O–H groups in total. The molecule has 0 unspecified atom stereocenters. The lowest BCUT2D eigenvalue weighted by molar-refractivity contribution is -0.697. The third-order valence-corrected chi connectivity index (χ3v) is 4.32. The number of rotatable bonds is 12. The Kier molecular flexibility index (Phi) is 8.72. The van der Waals surface area contributed by atoms with E-state index in [0.29, 0.717) is 13.0 Å². The first-order chi connectivity index (χ1) is 12.7. The minimum absolute atomic E-state index is 0.234. The summed E-state index contributed by atoms with van der Waals surface area (Å²) in [7, 11) is 0. The molecule has 0 aliphatic rings. The minimum atomic E-state index is -0.731. The van der Waals surface area contributed by atoms with Crippen molar-refractivity contribution >= 4 is 5.97 Å². The van der Waals surface area contributed by atoms with Gasteiger partial charge in [0.2, 0.25) is 0 Å². The summed E-state index contributed by atoms with van der Waals surface area (Å²) in [6.45, 7) is 2.19. The summed E-state index contributed by atoms with van der Waals surface area (Å²) in [6.07, 6.45) is 13.0. The number of carboxylic acid groups (broad SMARTS) is 1. The Labute approximate surface area is 154 Å². The average Bonchev–Trinajstić information content (AvgIpc) is 2.66. The van der Waals surface area contributed by atoms with Gasteiger partial charge in [-0.3, -0.25) is 10.1 Å². The van der Waals surface area contributed by atoms with Gasteiger partial charge in [0.25, 0.3) is 0 Å². The van der Waals surface area contributed by atoms with Crippen molar-refractivity contribution in [2.24, 2.45) is 0 Å². The summed E-state index contributed by atoms with van der Waals surface area (Å²) in [6, 6.07) is 8.41. The normalized spacial score (nSPS) is 10.8. The fourth-order valence-corrected chi connectivity index (χ4v) is 2.81. The molecule has 0 spiro atoms. The summed E-state index contributed by atoms with van der Waals surface area (Å²) >= 11 is 0. The first kappa shape index (κ1) is 20.0. The molecule has 0 radical (unpaired) electrons. The highest BCUT2D eigenvalue weighted by Crippen LogP contribution is 2.15. The van der Waals surface area contributed by atoms with Crippen LogP contribution in [-0.2, 0) is 22.8 Å². The zero-order chi connectivity index (χ0) is 18.6. The van der Waals surface area contributed by atoms with Crippen LogP contribution in [0.5, 0.6) is 0 Å². The predicted octanol–water partition coefficient (Wildman–Crippen LogP) is 2.84. The number of hydrogen-bond donors (Lipinski definition) is 2.